The third-order valence-electron chi connectivity index (χ3n) is 3.59. The van der Waals surface area contributed by atoms with Crippen LogP contribution in [0.2, 0.25) is 0 Å². The third-order valence-corrected chi connectivity index (χ3v) is 5.41. The van der Waals surface area contributed by atoms with Crippen molar-refractivity contribution in [3.63, 3.8) is 0 Å². The molecule has 6 nitrogen and oxygen atoms in total. The summed E-state index contributed by atoms with van der Waals surface area (Å²) in [5, 5.41) is 11.2. The van der Waals surface area contributed by atoms with Crippen LogP contribution in [0.15, 0.2) is 49.3 Å². The molecular formula is C16H11NaO6S2. The summed E-state index contributed by atoms with van der Waals surface area (Å²) in [6, 6.07) is 6.70. The van der Waals surface area contributed by atoms with Crippen molar-refractivity contribution in [1.29, 1.82) is 0 Å². The first-order valence-corrected chi connectivity index (χ1v) is 9.84. The number of aromatic carboxylic acids is 1. The Labute approximate surface area is 169 Å². The zero-order valence-electron chi connectivity index (χ0n) is 13.7. The molecule has 3 aromatic rings. The third kappa shape index (κ3) is 3.63. The van der Waals surface area contributed by atoms with E-state index in [9.17, 15) is 23.1 Å². The topological polar surface area (TPSA) is 104 Å². The Morgan fingerprint density at radius 1 is 1.04 bits per heavy atom. The van der Waals surface area contributed by atoms with Gasteiger partial charge in [-0.2, -0.15) is 0 Å². The summed E-state index contributed by atoms with van der Waals surface area (Å²) >= 11 is 0. The van der Waals surface area contributed by atoms with Crippen LogP contribution in [0.1, 0.15) is 10.4 Å². The maximum absolute atomic E-state index is 12.7. The van der Waals surface area contributed by atoms with Crippen LogP contribution in [-0.2, 0) is 21.6 Å². The Hall–Kier alpha value is -1.32. The molecule has 1 heterocycles. The minimum atomic E-state index is -1.46. The van der Waals surface area contributed by atoms with Crippen molar-refractivity contribution in [2.45, 2.75) is 9.79 Å². The summed E-state index contributed by atoms with van der Waals surface area (Å²) in [5.41, 5.74) is -0.310. The van der Waals surface area contributed by atoms with Crippen LogP contribution < -0.4 is 40.1 Å². The molecule has 2 atom stereocenters. The monoisotopic (exact) mass is 386 g/mol. The van der Waals surface area contributed by atoms with Crippen LogP contribution in [0.4, 0.5) is 0 Å². The van der Waals surface area contributed by atoms with Gasteiger partial charge < -0.3 is 14.3 Å². The van der Waals surface area contributed by atoms with Gasteiger partial charge >= 0.3 is 29.6 Å². The van der Waals surface area contributed by atoms with Crippen LogP contribution in [-0.4, -0.2) is 26.9 Å². The van der Waals surface area contributed by atoms with E-state index in [1.165, 1.54) is 42.8 Å². The Kier molecular flexibility index (Phi) is 6.01. The standard InChI is InChI=1S/C16H12O6S2.Na/c1-23(20)9-6-11-14(17)10-5-8(16(18)19)3-4-12(10)22-15(11)13(7-9)24(2)21;/h3-7H,1-2H3,(H,18,19);/q;+1/p-1. The fraction of sp³-hybridized carbons (Fsp3) is 0.125. The molecular weight excluding hydrogens is 375 g/mol. The van der Waals surface area contributed by atoms with Gasteiger partial charge in [0, 0.05) is 28.2 Å². The Balaban J connectivity index is 0.00000225. The number of carboxylic acids is 1. The minimum absolute atomic E-state index is 0. The molecule has 0 fully saturated rings. The van der Waals surface area contributed by atoms with Gasteiger partial charge in [-0.05, 0) is 35.9 Å². The predicted octanol–water partition coefficient (Wildman–Crippen LogP) is -2.21. The Bertz CT molecular complexity index is 1120. The molecule has 0 amide bonds. The van der Waals surface area contributed by atoms with Gasteiger partial charge in [0.25, 0.3) is 0 Å². The van der Waals surface area contributed by atoms with E-state index in [0.717, 1.165) is 0 Å². The number of rotatable bonds is 3. The van der Waals surface area contributed by atoms with Crippen LogP contribution in [0.5, 0.6) is 0 Å². The van der Waals surface area contributed by atoms with Crippen molar-refractivity contribution in [2.75, 3.05) is 12.5 Å². The SMILES string of the molecule is CS(=O)c1cc(S(C)=O)c2oc3ccc(C(=O)[O-])cc3c(=O)c2c1.[Na+]. The van der Waals surface area contributed by atoms with E-state index in [0.29, 0.717) is 4.90 Å². The van der Waals surface area contributed by atoms with Crippen molar-refractivity contribution in [3.05, 3.63) is 46.1 Å². The van der Waals surface area contributed by atoms with E-state index in [1.807, 2.05) is 0 Å². The number of hydrogen-bond donors (Lipinski definition) is 0. The summed E-state index contributed by atoms with van der Waals surface area (Å²) in [6.07, 6.45) is 2.88. The molecule has 0 N–H and O–H groups in total. The molecule has 124 valence electrons. The van der Waals surface area contributed by atoms with E-state index in [-0.39, 0.29) is 62.0 Å². The van der Waals surface area contributed by atoms with E-state index in [1.54, 1.807) is 0 Å². The molecule has 0 radical (unpaired) electrons. The molecule has 0 saturated heterocycles. The summed E-state index contributed by atoms with van der Waals surface area (Å²) < 4.78 is 29.4. The second-order valence-electron chi connectivity index (χ2n) is 5.14. The molecule has 2 unspecified atom stereocenters. The molecule has 0 aliphatic heterocycles. The average Bonchev–Trinajstić information content (AvgIpc) is 2.53. The van der Waals surface area contributed by atoms with Gasteiger partial charge in [-0.3, -0.25) is 13.2 Å². The van der Waals surface area contributed by atoms with Gasteiger partial charge in [0.1, 0.15) is 5.58 Å². The summed E-state index contributed by atoms with van der Waals surface area (Å²) in [5.74, 6) is -1.41. The molecule has 3 rings (SSSR count). The van der Waals surface area contributed by atoms with Gasteiger partial charge in [-0.25, -0.2) is 0 Å². The number of carbonyl (C=O) groups excluding carboxylic acids is 1. The van der Waals surface area contributed by atoms with Gasteiger partial charge in [0.15, 0.2) is 5.58 Å². The van der Waals surface area contributed by atoms with Crippen molar-refractivity contribution < 1.29 is 52.3 Å². The number of carbonyl (C=O) groups is 1. The van der Waals surface area contributed by atoms with Crippen molar-refractivity contribution >= 4 is 49.5 Å². The quantitative estimate of drug-likeness (QED) is 0.373. The van der Waals surface area contributed by atoms with E-state index in [4.69, 9.17) is 4.42 Å². The van der Waals surface area contributed by atoms with Gasteiger partial charge in [0.2, 0.25) is 5.43 Å². The van der Waals surface area contributed by atoms with Crippen LogP contribution in [0.25, 0.3) is 21.9 Å². The Morgan fingerprint density at radius 3 is 2.28 bits per heavy atom. The maximum Gasteiger partial charge on any atom is 1.00 e. The molecule has 0 aliphatic carbocycles. The largest absolute Gasteiger partial charge is 1.00 e. The zero-order valence-corrected chi connectivity index (χ0v) is 17.3. The summed E-state index contributed by atoms with van der Waals surface area (Å²) in [6.45, 7) is 0. The molecule has 0 aliphatic rings. The molecule has 9 heteroatoms. The zero-order chi connectivity index (χ0) is 17.6. The molecule has 0 spiro atoms. The second kappa shape index (κ2) is 7.51. The molecule has 25 heavy (non-hydrogen) atoms. The van der Waals surface area contributed by atoms with E-state index >= 15 is 0 Å². The van der Waals surface area contributed by atoms with Crippen molar-refractivity contribution in [1.82, 2.24) is 0 Å². The first-order valence-electron chi connectivity index (χ1n) is 6.72. The number of carboxylic acid groups (broad SMARTS) is 1. The molecule has 1 aromatic heterocycles. The summed E-state index contributed by atoms with van der Waals surface area (Å²) in [4.78, 5) is 24.3. The fourth-order valence-corrected chi connectivity index (χ4v) is 3.76. The van der Waals surface area contributed by atoms with E-state index in [2.05, 4.69) is 0 Å². The maximum atomic E-state index is 12.7. The number of hydrogen-bond acceptors (Lipinski definition) is 6. The van der Waals surface area contributed by atoms with Crippen LogP contribution in [0.3, 0.4) is 0 Å². The van der Waals surface area contributed by atoms with Crippen molar-refractivity contribution in [3.8, 4) is 0 Å². The van der Waals surface area contributed by atoms with Gasteiger partial charge in [0.05, 0.1) is 32.4 Å². The van der Waals surface area contributed by atoms with Crippen LogP contribution >= 0.6 is 0 Å². The molecule has 0 saturated carbocycles. The normalized spacial score (nSPS) is 13.4. The minimum Gasteiger partial charge on any atom is -0.545 e. The number of benzene rings is 2. The molecule has 2 aromatic carbocycles. The fourth-order valence-electron chi connectivity index (χ4n) is 2.41. The number of fused-ring (bicyclic) bond motifs is 2. The van der Waals surface area contributed by atoms with Crippen molar-refractivity contribution in [2.24, 2.45) is 0 Å². The van der Waals surface area contributed by atoms with Gasteiger partial charge in [-0.15, -0.1) is 0 Å². The second-order valence-corrected chi connectivity index (χ2v) is 7.86. The molecule has 0 bridgehead atoms. The van der Waals surface area contributed by atoms with Crippen LogP contribution in [0, 0.1) is 0 Å². The summed E-state index contributed by atoms with van der Waals surface area (Å²) in [7, 11) is -2.85. The Morgan fingerprint density at radius 2 is 1.72 bits per heavy atom. The first-order chi connectivity index (χ1) is 11.3. The predicted molar refractivity (Wildman–Crippen MR) is 89.0 cm³/mol. The average molecular weight is 386 g/mol. The van der Waals surface area contributed by atoms with E-state index < -0.39 is 33.0 Å². The van der Waals surface area contributed by atoms with Gasteiger partial charge in [-0.1, -0.05) is 0 Å². The smallest absolute Gasteiger partial charge is 0.545 e. The first kappa shape index (κ1) is 20.0.